The second kappa shape index (κ2) is 8.39. The number of carbonyl (C=O) groups is 2. The third kappa shape index (κ3) is 4.14. The van der Waals surface area contributed by atoms with Crippen LogP contribution in [0.2, 0.25) is 0 Å². The fraction of sp³-hybridized carbons (Fsp3) is 0.316. The molecule has 1 aliphatic rings. The van der Waals surface area contributed by atoms with Crippen LogP contribution in [0.1, 0.15) is 27.8 Å². The quantitative estimate of drug-likeness (QED) is 0.813. The highest BCUT2D eigenvalue weighted by molar-refractivity contribution is 6.04. The summed E-state index contributed by atoms with van der Waals surface area (Å²) in [6.07, 6.45) is 1.30. The average molecular weight is 392 g/mol. The molecule has 0 unspecified atom stereocenters. The third-order valence-electron chi connectivity index (χ3n) is 4.63. The van der Waals surface area contributed by atoms with Crippen LogP contribution in [0.15, 0.2) is 30.5 Å². The highest BCUT2D eigenvalue weighted by Gasteiger charge is 2.23. The minimum absolute atomic E-state index is 0.137. The second-order valence-electron chi connectivity index (χ2n) is 6.33. The molecule has 2 aromatic rings. The van der Waals surface area contributed by atoms with Gasteiger partial charge >= 0.3 is 0 Å². The summed E-state index contributed by atoms with van der Waals surface area (Å²) in [4.78, 5) is 32.8. The van der Waals surface area contributed by atoms with Crippen LogP contribution >= 0.6 is 0 Å². The second-order valence-corrected chi connectivity index (χ2v) is 6.33. The zero-order chi connectivity index (χ0) is 20.3. The lowest BCUT2D eigenvalue weighted by Crippen LogP contribution is -2.48. The number of nitrogens with zero attached hydrogens (tertiary/aromatic N) is 3. The summed E-state index contributed by atoms with van der Waals surface area (Å²) in [7, 11) is 0. The Morgan fingerprint density at radius 1 is 1.07 bits per heavy atom. The maximum absolute atomic E-state index is 13.7. The van der Waals surface area contributed by atoms with Crippen molar-refractivity contribution in [3.8, 4) is 0 Å². The Morgan fingerprint density at radius 2 is 1.79 bits per heavy atom. The van der Waals surface area contributed by atoms with Gasteiger partial charge in [-0.3, -0.25) is 14.6 Å². The molecule has 1 aromatic carbocycles. The van der Waals surface area contributed by atoms with Gasteiger partial charge in [0, 0.05) is 37.9 Å². The summed E-state index contributed by atoms with van der Waals surface area (Å²) in [5.74, 6) is -5.61. The van der Waals surface area contributed by atoms with Crippen molar-refractivity contribution in [2.45, 2.75) is 6.92 Å². The SMILES string of the molecule is CCN1CCN(C(=O)c2ccnc(C(=O)Nc3ccc(F)c(F)c3F)c2)CC1. The molecule has 0 radical (unpaired) electrons. The molecule has 6 nitrogen and oxygen atoms in total. The highest BCUT2D eigenvalue weighted by atomic mass is 19.2. The van der Waals surface area contributed by atoms with Gasteiger partial charge in [0.1, 0.15) is 5.69 Å². The molecule has 0 bridgehead atoms. The van der Waals surface area contributed by atoms with Crippen LogP contribution in [-0.4, -0.2) is 59.3 Å². The fourth-order valence-corrected chi connectivity index (χ4v) is 2.95. The van der Waals surface area contributed by atoms with E-state index in [1.54, 1.807) is 4.90 Å². The van der Waals surface area contributed by atoms with Gasteiger partial charge in [0.15, 0.2) is 17.5 Å². The molecule has 0 spiro atoms. The molecule has 1 aromatic heterocycles. The van der Waals surface area contributed by atoms with Gasteiger partial charge in [-0.2, -0.15) is 0 Å². The molecule has 2 amide bonds. The first-order valence-corrected chi connectivity index (χ1v) is 8.83. The lowest BCUT2D eigenvalue weighted by atomic mass is 10.1. The monoisotopic (exact) mass is 392 g/mol. The molecule has 28 heavy (non-hydrogen) atoms. The number of likely N-dealkylation sites (N-methyl/N-ethyl adjacent to an activating group) is 1. The first kappa shape index (κ1) is 19.8. The summed E-state index contributed by atoms with van der Waals surface area (Å²) in [5, 5.41) is 2.14. The van der Waals surface area contributed by atoms with E-state index in [0.29, 0.717) is 19.2 Å². The van der Waals surface area contributed by atoms with Crippen LogP contribution in [0, 0.1) is 17.5 Å². The number of nitrogens with one attached hydrogen (secondary N) is 1. The molecule has 1 N–H and O–H groups in total. The van der Waals surface area contributed by atoms with Gasteiger partial charge in [-0.05, 0) is 30.8 Å². The zero-order valence-electron chi connectivity index (χ0n) is 15.2. The van der Waals surface area contributed by atoms with E-state index < -0.39 is 29.0 Å². The van der Waals surface area contributed by atoms with Crippen LogP contribution in [-0.2, 0) is 0 Å². The number of hydrogen-bond donors (Lipinski definition) is 1. The minimum atomic E-state index is -1.68. The van der Waals surface area contributed by atoms with Gasteiger partial charge in [0.25, 0.3) is 11.8 Å². The summed E-state index contributed by atoms with van der Waals surface area (Å²) in [6, 6.07) is 4.40. The molecular formula is C19H19F3N4O2. The van der Waals surface area contributed by atoms with E-state index in [0.717, 1.165) is 25.7 Å². The Labute approximate surface area is 160 Å². The Hall–Kier alpha value is -2.94. The zero-order valence-corrected chi connectivity index (χ0v) is 15.2. The Bertz CT molecular complexity index is 899. The van der Waals surface area contributed by atoms with E-state index >= 15 is 0 Å². The number of amides is 2. The summed E-state index contributed by atoms with van der Waals surface area (Å²) < 4.78 is 40.0. The summed E-state index contributed by atoms with van der Waals surface area (Å²) >= 11 is 0. The first-order chi connectivity index (χ1) is 13.4. The number of pyridine rings is 1. The Kier molecular flexibility index (Phi) is 5.93. The fourth-order valence-electron chi connectivity index (χ4n) is 2.95. The van der Waals surface area contributed by atoms with Crippen LogP contribution in [0.25, 0.3) is 0 Å². The van der Waals surface area contributed by atoms with E-state index in [1.807, 2.05) is 0 Å². The summed E-state index contributed by atoms with van der Waals surface area (Å²) in [6.45, 7) is 5.68. The van der Waals surface area contributed by atoms with Gasteiger partial charge in [-0.1, -0.05) is 6.92 Å². The van der Waals surface area contributed by atoms with Crippen molar-refractivity contribution in [3.63, 3.8) is 0 Å². The topological polar surface area (TPSA) is 65.5 Å². The van der Waals surface area contributed by atoms with Crippen LogP contribution in [0.3, 0.4) is 0 Å². The standard InChI is InChI=1S/C19H19F3N4O2/c1-2-25-7-9-26(10-8-25)19(28)12-5-6-23-15(11-12)18(27)24-14-4-3-13(20)16(21)17(14)22/h3-6,11H,2,7-10H2,1H3,(H,24,27). The van der Waals surface area contributed by atoms with Crippen molar-refractivity contribution in [2.75, 3.05) is 38.0 Å². The molecule has 0 saturated carbocycles. The predicted octanol–water partition coefficient (Wildman–Crippen LogP) is 2.53. The normalized spacial score (nSPS) is 14.8. The molecule has 0 aliphatic carbocycles. The predicted molar refractivity (Wildman–Crippen MR) is 96.5 cm³/mol. The van der Waals surface area contributed by atoms with Gasteiger partial charge in [-0.25, -0.2) is 13.2 Å². The number of benzene rings is 1. The lowest BCUT2D eigenvalue weighted by Gasteiger charge is -2.34. The van der Waals surface area contributed by atoms with E-state index in [9.17, 15) is 22.8 Å². The van der Waals surface area contributed by atoms with Gasteiger partial charge < -0.3 is 15.1 Å². The average Bonchev–Trinajstić information content (AvgIpc) is 2.73. The molecule has 1 aliphatic heterocycles. The molecule has 1 saturated heterocycles. The number of anilines is 1. The van der Waals surface area contributed by atoms with E-state index in [-0.39, 0.29) is 17.2 Å². The number of piperazine rings is 1. The van der Waals surface area contributed by atoms with Crippen molar-refractivity contribution in [3.05, 3.63) is 59.2 Å². The Morgan fingerprint density at radius 3 is 2.46 bits per heavy atom. The van der Waals surface area contributed by atoms with Crippen LogP contribution < -0.4 is 5.32 Å². The lowest BCUT2D eigenvalue weighted by molar-refractivity contribution is 0.0643. The van der Waals surface area contributed by atoms with Gasteiger partial charge in [-0.15, -0.1) is 0 Å². The summed E-state index contributed by atoms with van der Waals surface area (Å²) in [5.41, 5.74) is -0.379. The van der Waals surface area contributed by atoms with E-state index in [2.05, 4.69) is 22.1 Å². The molecular weight excluding hydrogens is 373 g/mol. The highest BCUT2D eigenvalue weighted by Crippen LogP contribution is 2.20. The third-order valence-corrected chi connectivity index (χ3v) is 4.63. The van der Waals surface area contributed by atoms with Crippen molar-refractivity contribution in [2.24, 2.45) is 0 Å². The van der Waals surface area contributed by atoms with Gasteiger partial charge in [0.2, 0.25) is 0 Å². The van der Waals surface area contributed by atoms with Gasteiger partial charge in [0.05, 0.1) is 5.69 Å². The molecule has 3 rings (SSSR count). The number of rotatable bonds is 4. The minimum Gasteiger partial charge on any atom is -0.336 e. The molecule has 1 fully saturated rings. The van der Waals surface area contributed by atoms with Crippen LogP contribution in [0.5, 0.6) is 0 Å². The first-order valence-electron chi connectivity index (χ1n) is 8.83. The smallest absolute Gasteiger partial charge is 0.274 e. The van der Waals surface area contributed by atoms with Crippen molar-refractivity contribution >= 4 is 17.5 Å². The number of aromatic nitrogens is 1. The molecule has 2 heterocycles. The van der Waals surface area contributed by atoms with Crippen LogP contribution in [0.4, 0.5) is 18.9 Å². The molecule has 0 atom stereocenters. The van der Waals surface area contributed by atoms with Crippen molar-refractivity contribution < 1.29 is 22.8 Å². The maximum Gasteiger partial charge on any atom is 0.274 e. The van der Waals surface area contributed by atoms with Crippen molar-refractivity contribution in [1.82, 2.24) is 14.8 Å². The number of halogens is 3. The van der Waals surface area contributed by atoms with E-state index in [1.165, 1.54) is 18.3 Å². The van der Waals surface area contributed by atoms with Crippen molar-refractivity contribution in [1.29, 1.82) is 0 Å². The Balaban J connectivity index is 1.73. The largest absolute Gasteiger partial charge is 0.336 e. The molecule has 9 heteroatoms. The number of hydrogen-bond acceptors (Lipinski definition) is 4. The molecule has 148 valence electrons. The van der Waals surface area contributed by atoms with E-state index in [4.69, 9.17) is 0 Å². The number of carbonyl (C=O) groups excluding carboxylic acids is 2. The maximum atomic E-state index is 13.7.